The molecule has 0 unspecified atom stereocenters. The number of nitrogens with zero attached hydrogens (tertiary/aromatic N) is 4. The zero-order valence-electron chi connectivity index (χ0n) is 14.7. The molecule has 3 aromatic rings. The summed E-state index contributed by atoms with van der Waals surface area (Å²) in [4.78, 5) is 18.3. The molecule has 142 valence electrons. The van der Waals surface area contributed by atoms with Gasteiger partial charge in [0.2, 0.25) is 0 Å². The van der Waals surface area contributed by atoms with E-state index < -0.39 is 17.8 Å². The highest BCUT2D eigenvalue weighted by Gasteiger charge is 2.36. The van der Waals surface area contributed by atoms with Gasteiger partial charge in [-0.25, -0.2) is 14.3 Å². The molecule has 2 aromatic heterocycles. The number of hydrogen-bond acceptors (Lipinski definition) is 5. The third-order valence-corrected chi connectivity index (χ3v) is 3.82. The molecule has 0 spiro atoms. The van der Waals surface area contributed by atoms with Crippen LogP contribution in [0, 0.1) is 0 Å². The van der Waals surface area contributed by atoms with Crippen LogP contribution in [0.5, 0.6) is 0 Å². The highest BCUT2D eigenvalue weighted by Crippen LogP contribution is 2.32. The van der Waals surface area contributed by atoms with Gasteiger partial charge in [0.25, 0.3) is 0 Å². The molecule has 1 aromatic carbocycles. The smallest absolute Gasteiger partial charge is 0.433 e. The monoisotopic (exact) mass is 378 g/mol. The van der Waals surface area contributed by atoms with Crippen molar-refractivity contribution in [2.45, 2.75) is 6.18 Å². The van der Waals surface area contributed by atoms with Crippen LogP contribution in [0.15, 0.2) is 42.6 Å². The lowest BCUT2D eigenvalue weighted by Gasteiger charge is -2.12. The first-order valence-electron chi connectivity index (χ1n) is 8.10. The maximum absolute atomic E-state index is 13.5. The summed E-state index contributed by atoms with van der Waals surface area (Å²) >= 11 is 0. The van der Waals surface area contributed by atoms with Gasteiger partial charge in [0, 0.05) is 12.1 Å². The first-order valence-corrected chi connectivity index (χ1v) is 8.10. The van der Waals surface area contributed by atoms with Crippen LogP contribution < -0.4 is 0 Å². The van der Waals surface area contributed by atoms with Crippen molar-refractivity contribution >= 4 is 11.6 Å². The Labute approximate surface area is 153 Å². The fourth-order valence-electron chi connectivity index (χ4n) is 2.46. The van der Waals surface area contributed by atoms with Crippen LogP contribution in [0.1, 0.15) is 16.1 Å². The number of halogens is 3. The molecule has 0 saturated heterocycles. The molecule has 9 heteroatoms. The van der Waals surface area contributed by atoms with E-state index in [0.29, 0.717) is 16.6 Å². The first kappa shape index (κ1) is 18.8. The van der Waals surface area contributed by atoms with Gasteiger partial charge < -0.3 is 9.64 Å². The number of benzene rings is 1. The number of carbonyl (C=O) groups is 1. The van der Waals surface area contributed by atoms with Crippen LogP contribution in [0.2, 0.25) is 0 Å². The molecule has 0 radical (unpaired) electrons. The molecule has 0 N–H and O–H groups in total. The summed E-state index contributed by atoms with van der Waals surface area (Å²) in [7, 11) is 3.62. The second-order valence-corrected chi connectivity index (χ2v) is 6.12. The minimum atomic E-state index is -4.66. The Morgan fingerprint density at radius 1 is 1.22 bits per heavy atom. The van der Waals surface area contributed by atoms with Crippen LogP contribution in [0.4, 0.5) is 13.2 Å². The molecule has 0 aliphatic rings. The van der Waals surface area contributed by atoms with Gasteiger partial charge in [0.1, 0.15) is 12.2 Å². The molecule has 6 nitrogen and oxygen atoms in total. The minimum Gasteiger partial charge on any atom is -0.461 e. The number of fused-ring (bicyclic) bond motifs is 1. The summed E-state index contributed by atoms with van der Waals surface area (Å²) in [6.07, 6.45) is -3.62. The molecule has 2 heterocycles. The summed E-state index contributed by atoms with van der Waals surface area (Å²) in [5, 5.41) is 3.71. The van der Waals surface area contributed by atoms with E-state index in [4.69, 9.17) is 4.74 Å². The number of alkyl halides is 3. The van der Waals surface area contributed by atoms with E-state index in [1.807, 2.05) is 19.0 Å². The number of rotatable bonds is 5. The average Bonchev–Trinajstić information content (AvgIpc) is 3.04. The van der Waals surface area contributed by atoms with Crippen molar-refractivity contribution in [1.29, 1.82) is 0 Å². The summed E-state index contributed by atoms with van der Waals surface area (Å²) in [5.41, 5.74) is -0.730. The maximum atomic E-state index is 13.5. The summed E-state index contributed by atoms with van der Waals surface area (Å²) in [6.45, 7) is 0.592. The summed E-state index contributed by atoms with van der Waals surface area (Å²) < 4.78 is 46.3. The van der Waals surface area contributed by atoms with Crippen LogP contribution in [0.3, 0.4) is 0 Å². The Bertz CT molecular complexity index is 952. The highest BCUT2D eigenvalue weighted by molar-refractivity contribution is 5.96. The molecule has 27 heavy (non-hydrogen) atoms. The molecule has 0 fully saturated rings. The maximum Gasteiger partial charge on any atom is 0.433 e. The van der Waals surface area contributed by atoms with Crippen molar-refractivity contribution in [2.75, 3.05) is 27.2 Å². The van der Waals surface area contributed by atoms with Crippen LogP contribution >= 0.6 is 0 Å². The number of likely N-dealkylation sites (N-methyl/N-ethyl adjacent to an activating group) is 1. The van der Waals surface area contributed by atoms with Crippen LogP contribution in [-0.2, 0) is 10.9 Å². The lowest BCUT2D eigenvalue weighted by Crippen LogP contribution is -2.20. The molecule has 0 aliphatic carbocycles. The fraction of sp³-hybridized carbons (Fsp3) is 0.278. The van der Waals surface area contributed by atoms with Crippen molar-refractivity contribution in [1.82, 2.24) is 19.5 Å². The highest BCUT2D eigenvalue weighted by atomic mass is 19.4. The van der Waals surface area contributed by atoms with Gasteiger partial charge >= 0.3 is 12.1 Å². The topological polar surface area (TPSA) is 59.7 Å². The normalized spacial score (nSPS) is 11.9. The van der Waals surface area contributed by atoms with Crippen molar-refractivity contribution in [2.24, 2.45) is 0 Å². The largest absolute Gasteiger partial charge is 0.461 e. The lowest BCUT2D eigenvalue weighted by molar-refractivity contribution is -0.142. The minimum absolute atomic E-state index is 0.0956. The molecule has 3 rings (SSSR count). The van der Waals surface area contributed by atoms with E-state index in [-0.39, 0.29) is 23.5 Å². The predicted molar refractivity (Wildman–Crippen MR) is 92.3 cm³/mol. The standard InChI is InChI=1S/C18H17F3N4O2/c1-24(2)8-9-27-17(26)13-11-22-25-15(18(19,20)21)10-14(23-16(13)25)12-6-4-3-5-7-12/h3-7,10-11H,8-9H2,1-2H3. The summed E-state index contributed by atoms with van der Waals surface area (Å²) in [6, 6.07) is 9.34. The van der Waals surface area contributed by atoms with Crippen LogP contribution in [-0.4, -0.2) is 52.7 Å². The number of aromatic nitrogens is 3. The van der Waals surface area contributed by atoms with E-state index >= 15 is 0 Å². The molecule has 0 saturated carbocycles. The third kappa shape index (κ3) is 4.08. The molecular weight excluding hydrogens is 361 g/mol. The van der Waals surface area contributed by atoms with Gasteiger partial charge in [0.05, 0.1) is 11.9 Å². The van der Waals surface area contributed by atoms with E-state index in [9.17, 15) is 18.0 Å². The van der Waals surface area contributed by atoms with Gasteiger partial charge in [-0.1, -0.05) is 30.3 Å². The Kier molecular flexibility index (Phi) is 5.13. The van der Waals surface area contributed by atoms with Crippen molar-refractivity contribution < 1.29 is 22.7 Å². The third-order valence-electron chi connectivity index (χ3n) is 3.82. The number of hydrogen-bond donors (Lipinski definition) is 0. The number of ether oxygens (including phenoxy) is 1. The van der Waals surface area contributed by atoms with Crippen molar-refractivity contribution in [3.8, 4) is 11.3 Å². The molecule has 0 bridgehead atoms. The zero-order chi connectivity index (χ0) is 19.6. The lowest BCUT2D eigenvalue weighted by atomic mass is 10.1. The second-order valence-electron chi connectivity index (χ2n) is 6.12. The van der Waals surface area contributed by atoms with Crippen molar-refractivity contribution in [3.63, 3.8) is 0 Å². The van der Waals surface area contributed by atoms with Gasteiger partial charge in [-0.05, 0) is 20.2 Å². The number of esters is 1. The van der Waals surface area contributed by atoms with E-state index in [1.165, 1.54) is 0 Å². The van der Waals surface area contributed by atoms with Crippen LogP contribution in [0.25, 0.3) is 16.9 Å². The Morgan fingerprint density at radius 3 is 2.56 bits per heavy atom. The van der Waals surface area contributed by atoms with Crippen molar-refractivity contribution in [3.05, 3.63) is 53.9 Å². The molecule has 0 atom stereocenters. The predicted octanol–water partition coefficient (Wildman–Crippen LogP) is 3.13. The zero-order valence-corrected chi connectivity index (χ0v) is 14.7. The van der Waals surface area contributed by atoms with E-state index in [0.717, 1.165) is 12.3 Å². The second kappa shape index (κ2) is 7.36. The SMILES string of the molecule is CN(C)CCOC(=O)c1cnn2c(C(F)(F)F)cc(-c3ccccc3)nc12. The first-order chi connectivity index (χ1) is 12.8. The molecule has 0 amide bonds. The Morgan fingerprint density at radius 2 is 1.93 bits per heavy atom. The fourth-order valence-corrected chi connectivity index (χ4v) is 2.46. The van der Waals surface area contributed by atoms with E-state index in [1.54, 1.807) is 30.3 Å². The quantitative estimate of drug-likeness (QED) is 0.639. The summed E-state index contributed by atoms with van der Waals surface area (Å²) in [5.74, 6) is -0.766. The van der Waals surface area contributed by atoms with Gasteiger partial charge in [0.15, 0.2) is 11.3 Å². The van der Waals surface area contributed by atoms with Gasteiger partial charge in [-0.15, -0.1) is 0 Å². The molecule has 0 aliphatic heterocycles. The van der Waals surface area contributed by atoms with Gasteiger partial charge in [-0.3, -0.25) is 0 Å². The Balaban J connectivity index is 2.08. The number of carbonyl (C=O) groups excluding carboxylic acids is 1. The average molecular weight is 378 g/mol. The van der Waals surface area contributed by atoms with E-state index in [2.05, 4.69) is 10.1 Å². The Hall–Kier alpha value is -2.94. The molecular formula is C18H17F3N4O2. The van der Waals surface area contributed by atoms with Gasteiger partial charge in [-0.2, -0.15) is 18.3 Å².